The number of nitriles is 1. The van der Waals surface area contributed by atoms with Gasteiger partial charge in [-0.15, -0.1) is 0 Å². The van der Waals surface area contributed by atoms with Gasteiger partial charge in [0.25, 0.3) is 5.91 Å². The van der Waals surface area contributed by atoms with Gasteiger partial charge >= 0.3 is 0 Å². The summed E-state index contributed by atoms with van der Waals surface area (Å²) < 4.78 is 13.6. The minimum Gasteiger partial charge on any atom is -0.399 e. The summed E-state index contributed by atoms with van der Waals surface area (Å²) in [6, 6.07) is 14.3. The number of nitrogens with zero attached hydrogens (tertiary/aromatic N) is 2. The van der Waals surface area contributed by atoms with Crippen molar-refractivity contribution in [3.8, 4) is 6.07 Å². The SMILES string of the molecule is CC(=O)N(C(=O)/C(C#N)=C\NCCc1ccccc1F)c1ccc(N)cc1. The summed E-state index contributed by atoms with van der Waals surface area (Å²) in [7, 11) is 0. The van der Waals surface area contributed by atoms with Crippen LogP contribution in [-0.4, -0.2) is 18.4 Å². The fourth-order valence-electron chi connectivity index (χ4n) is 2.41. The molecule has 0 heterocycles. The van der Waals surface area contributed by atoms with Crippen LogP contribution >= 0.6 is 0 Å². The van der Waals surface area contributed by atoms with Crippen molar-refractivity contribution >= 4 is 23.2 Å². The van der Waals surface area contributed by atoms with E-state index in [1.807, 2.05) is 0 Å². The van der Waals surface area contributed by atoms with E-state index in [1.54, 1.807) is 36.4 Å². The molecule has 2 rings (SSSR count). The molecule has 138 valence electrons. The van der Waals surface area contributed by atoms with E-state index < -0.39 is 11.8 Å². The Labute approximate surface area is 156 Å². The number of carbonyl (C=O) groups excluding carboxylic acids is 2. The van der Waals surface area contributed by atoms with Gasteiger partial charge in [0.15, 0.2) is 0 Å². The number of halogens is 1. The molecule has 27 heavy (non-hydrogen) atoms. The maximum atomic E-state index is 13.6. The quantitative estimate of drug-likeness (QED) is 0.354. The van der Waals surface area contributed by atoms with Crippen molar-refractivity contribution in [2.75, 3.05) is 17.2 Å². The number of nitrogen functional groups attached to an aromatic ring is 1. The van der Waals surface area contributed by atoms with Gasteiger partial charge in [-0.1, -0.05) is 18.2 Å². The maximum absolute atomic E-state index is 13.6. The van der Waals surface area contributed by atoms with Crippen molar-refractivity contribution in [1.29, 1.82) is 5.26 Å². The maximum Gasteiger partial charge on any atom is 0.277 e. The third-order valence-electron chi connectivity index (χ3n) is 3.76. The lowest BCUT2D eigenvalue weighted by molar-refractivity contribution is -0.123. The lowest BCUT2D eigenvalue weighted by atomic mass is 10.1. The normalized spacial score (nSPS) is 10.8. The van der Waals surface area contributed by atoms with Crippen LogP contribution in [0.15, 0.2) is 60.3 Å². The van der Waals surface area contributed by atoms with Crippen LogP contribution in [-0.2, 0) is 16.0 Å². The second-order valence-corrected chi connectivity index (χ2v) is 5.72. The highest BCUT2D eigenvalue weighted by atomic mass is 19.1. The molecular weight excluding hydrogens is 347 g/mol. The van der Waals surface area contributed by atoms with Gasteiger partial charge in [-0.2, -0.15) is 5.26 Å². The number of hydrogen-bond acceptors (Lipinski definition) is 5. The van der Waals surface area contributed by atoms with E-state index in [0.29, 0.717) is 29.9 Å². The second kappa shape index (κ2) is 9.15. The molecule has 0 aromatic heterocycles. The minimum absolute atomic E-state index is 0.240. The van der Waals surface area contributed by atoms with Gasteiger partial charge in [-0.05, 0) is 42.3 Å². The van der Waals surface area contributed by atoms with Crippen LogP contribution in [0.25, 0.3) is 0 Å². The Kier molecular flexibility index (Phi) is 6.67. The first-order valence-corrected chi connectivity index (χ1v) is 8.21. The van der Waals surface area contributed by atoms with Crippen LogP contribution in [0.2, 0.25) is 0 Å². The Morgan fingerprint density at radius 1 is 1.22 bits per heavy atom. The number of anilines is 2. The number of rotatable bonds is 6. The largest absolute Gasteiger partial charge is 0.399 e. The van der Waals surface area contributed by atoms with E-state index in [0.717, 1.165) is 4.90 Å². The molecule has 0 aliphatic carbocycles. The molecular formula is C20H19FN4O2. The second-order valence-electron chi connectivity index (χ2n) is 5.72. The zero-order valence-corrected chi connectivity index (χ0v) is 14.8. The van der Waals surface area contributed by atoms with E-state index in [-0.39, 0.29) is 11.4 Å². The zero-order chi connectivity index (χ0) is 19.8. The van der Waals surface area contributed by atoms with Crippen LogP contribution in [0.5, 0.6) is 0 Å². The van der Waals surface area contributed by atoms with Crippen LogP contribution in [0.1, 0.15) is 12.5 Å². The molecule has 0 aliphatic heterocycles. The first-order valence-electron chi connectivity index (χ1n) is 8.21. The van der Waals surface area contributed by atoms with Gasteiger partial charge in [0, 0.05) is 25.4 Å². The number of hydrogen-bond donors (Lipinski definition) is 2. The molecule has 7 heteroatoms. The lowest BCUT2D eigenvalue weighted by Crippen LogP contribution is -2.36. The minimum atomic E-state index is -0.756. The van der Waals surface area contributed by atoms with Crippen molar-refractivity contribution in [3.63, 3.8) is 0 Å². The first kappa shape index (κ1) is 19.7. The summed E-state index contributed by atoms with van der Waals surface area (Å²) in [5.41, 5.74) is 6.70. The Balaban J connectivity index is 2.09. The van der Waals surface area contributed by atoms with Gasteiger partial charge in [-0.25, -0.2) is 9.29 Å². The molecule has 2 amide bonds. The molecule has 2 aromatic rings. The fourth-order valence-corrected chi connectivity index (χ4v) is 2.41. The summed E-state index contributed by atoms with van der Waals surface area (Å²) in [5.74, 6) is -1.60. The van der Waals surface area contributed by atoms with E-state index in [1.165, 1.54) is 31.3 Å². The molecule has 0 radical (unpaired) electrons. The molecule has 0 atom stereocenters. The third-order valence-corrected chi connectivity index (χ3v) is 3.76. The van der Waals surface area contributed by atoms with Crippen LogP contribution < -0.4 is 16.0 Å². The van der Waals surface area contributed by atoms with Crippen molar-refractivity contribution in [2.45, 2.75) is 13.3 Å². The molecule has 0 aliphatic rings. The van der Waals surface area contributed by atoms with Crippen LogP contribution in [0, 0.1) is 17.1 Å². The molecule has 0 unspecified atom stereocenters. The number of imide groups is 1. The van der Waals surface area contributed by atoms with Crippen molar-refractivity contribution < 1.29 is 14.0 Å². The first-order chi connectivity index (χ1) is 12.9. The molecule has 6 nitrogen and oxygen atoms in total. The van der Waals surface area contributed by atoms with E-state index >= 15 is 0 Å². The Morgan fingerprint density at radius 3 is 2.48 bits per heavy atom. The van der Waals surface area contributed by atoms with Crippen molar-refractivity contribution in [2.24, 2.45) is 0 Å². The highest BCUT2D eigenvalue weighted by molar-refractivity contribution is 6.21. The highest BCUT2D eigenvalue weighted by Crippen LogP contribution is 2.18. The summed E-state index contributed by atoms with van der Waals surface area (Å²) in [6.45, 7) is 1.55. The topological polar surface area (TPSA) is 99.2 Å². The number of nitrogens with two attached hydrogens (primary N) is 1. The number of benzene rings is 2. The van der Waals surface area contributed by atoms with Crippen molar-refractivity contribution in [3.05, 3.63) is 71.7 Å². The average molecular weight is 366 g/mol. The average Bonchev–Trinajstić information content (AvgIpc) is 2.64. The van der Waals surface area contributed by atoms with E-state index in [9.17, 15) is 19.2 Å². The molecule has 0 spiro atoms. The molecule has 2 aromatic carbocycles. The predicted molar refractivity (Wildman–Crippen MR) is 101 cm³/mol. The third kappa shape index (κ3) is 5.16. The number of carbonyl (C=O) groups is 2. The van der Waals surface area contributed by atoms with Crippen molar-refractivity contribution in [1.82, 2.24) is 5.32 Å². The van der Waals surface area contributed by atoms with E-state index in [2.05, 4.69) is 5.32 Å². The Hall–Kier alpha value is -3.66. The van der Waals surface area contributed by atoms with Gasteiger partial charge in [0.05, 0.1) is 5.69 Å². The lowest BCUT2D eigenvalue weighted by Gasteiger charge is -2.19. The molecule has 3 N–H and O–H groups in total. The zero-order valence-electron chi connectivity index (χ0n) is 14.8. The summed E-state index contributed by atoms with van der Waals surface area (Å²) in [4.78, 5) is 25.4. The number of amides is 2. The van der Waals surface area contributed by atoms with E-state index in [4.69, 9.17) is 5.73 Å². The summed E-state index contributed by atoms with van der Waals surface area (Å²) >= 11 is 0. The molecule has 0 bridgehead atoms. The summed E-state index contributed by atoms with van der Waals surface area (Å²) in [6.07, 6.45) is 1.61. The standard InChI is InChI=1S/C20H19FN4O2/c1-14(26)25(18-8-6-17(23)7-9-18)20(27)16(12-22)13-24-11-10-15-4-2-3-5-19(15)21/h2-9,13,24H,10-11,23H2,1H3/b16-13-. The monoisotopic (exact) mass is 366 g/mol. The van der Waals surface area contributed by atoms with Crippen LogP contribution in [0.3, 0.4) is 0 Å². The van der Waals surface area contributed by atoms with Gasteiger partial charge in [0.2, 0.25) is 5.91 Å². The van der Waals surface area contributed by atoms with Gasteiger partial charge in [-0.3, -0.25) is 9.59 Å². The highest BCUT2D eigenvalue weighted by Gasteiger charge is 2.23. The predicted octanol–water partition coefficient (Wildman–Crippen LogP) is 2.53. The smallest absolute Gasteiger partial charge is 0.277 e. The van der Waals surface area contributed by atoms with Gasteiger partial charge in [0.1, 0.15) is 17.5 Å². The summed E-state index contributed by atoms with van der Waals surface area (Å²) in [5, 5.41) is 12.1. The fraction of sp³-hybridized carbons (Fsp3) is 0.150. The Morgan fingerprint density at radius 2 is 1.89 bits per heavy atom. The number of nitrogens with one attached hydrogen (secondary N) is 1. The molecule has 0 saturated heterocycles. The van der Waals surface area contributed by atoms with Crippen LogP contribution in [0.4, 0.5) is 15.8 Å². The van der Waals surface area contributed by atoms with Gasteiger partial charge < -0.3 is 11.1 Å². The Bertz CT molecular complexity index is 901. The molecule has 0 fully saturated rings. The molecule has 0 saturated carbocycles.